The molecule has 1 aliphatic rings. The Labute approximate surface area is 115 Å². The van der Waals surface area contributed by atoms with Crippen LogP contribution in [-0.4, -0.2) is 40.8 Å². The summed E-state index contributed by atoms with van der Waals surface area (Å²) in [6, 6.07) is 5.31. The Morgan fingerprint density at radius 3 is 2.40 bits per heavy atom. The molecule has 1 heterocycles. The minimum absolute atomic E-state index is 0.0170. The summed E-state index contributed by atoms with van der Waals surface area (Å²) in [5.41, 5.74) is 0.590. The van der Waals surface area contributed by atoms with Crippen molar-refractivity contribution >= 4 is 23.2 Å². The summed E-state index contributed by atoms with van der Waals surface area (Å²) in [6.45, 7) is 3.96. The number of piperazine rings is 1. The summed E-state index contributed by atoms with van der Waals surface area (Å²) >= 11 is 0. The van der Waals surface area contributed by atoms with E-state index in [0.29, 0.717) is 18.8 Å². The molecule has 0 saturated carbocycles. The standard InChI is InChI=1S/C13H15N3O4/c1-9-13(18)15(8-7-14(9)10(2)17)11-3-5-12(6-4-11)16(19)20/h3-6,9H,7-8H2,1-2H3. The molecule has 1 aromatic rings. The Hall–Kier alpha value is -2.44. The van der Waals surface area contributed by atoms with Crippen LogP contribution in [0.2, 0.25) is 0 Å². The van der Waals surface area contributed by atoms with Crippen LogP contribution in [0.1, 0.15) is 13.8 Å². The van der Waals surface area contributed by atoms with Gasteiger partial charge in [-0.05, 0) is 19.1 Å². The van der Waals surface area contributed by atoms with E-state index in [1.54, 1.807) is 24.0 Å². The molecule has 7 nitrogen and oxygen atoms in total. The number of non-ortho nitro benzene ring substituents is 1. The number of hydrogen-bond donors (Lipinski definition) is 0. The third-order valence-electron chi connectivity index (χ3n) is 3.43. The van der Waals surface area contributed by atoms with Gasteiger partial charge in [0.15, 0.2) is 0 Å². The Morgan fingerprint density at radius 2 is 1.90 bits per heavy atom. The molecule has 2 rings (SSSR count). The molecule has 1 unspecified atom stereocenters. The van der Waals surface area contributed by atoms with Gasteiger partial charge in [0.05, 0.1) is 4.92 Å². The normalized spacial score (nSPS) is 19.1. The van der Waals surface area contributed by atoms with E-state index in [-0.39, 0.29) is 17.5 Å². The lowest BCUT2D eigenvalue weighted by atomic mass is 10.1. The van der Waals surface area contributed by atoms with Crippen molar-refractivity contribution in [1.29, 1.82) is 0 Å². The van der Waals surface area contributed by atoms with Crippen molar-refractivity contribution < 1.29 is 14.5 Å². The Morgan fingerprint density at radius 1 is 1.30 bits per heavy atom. The number of amides is 2. The number of rotatable bonds is 2. The monoisotopic (exact) mass is 277 g/mol. The number of nitro groups is 1. The molecule has 1 atom stereocenters. The van der Waals surface area contributed by atoms with E-state index >= 15 is 0 Å². The molecular formula is C13H15N3O4. The minimum Gasteiger partial charge on any atom is -0.329 e. The van der Waals surface area contributed by atoms with Crippen molar-refractivity contribution in [2.24, 2.45) is 0 Å². The van der Waals surface area contributed by atoms with Gasteiger partial charge in [-0.15, -0.1) is 0 Å². The molecule has 7 heteroatoms. The van der Waals surface area contributed by atoms with E-state index in [1.807, 2.05) is 0 Å². The molecule has 106 valence electrons. The molecule has 0 aliphatic carbocycles. The van der Waals surface area contributed by atoms with Crippen molar-refractivity contribution in [2.75, 3.05) is 18.0 Å². The first-order chi connectivity index (χ1) is 9.41. The lowest BCUT2D eigenvalue weighted by molar-refractivity contribution is -0.384. The second-order valence-electron chi connectivity index (χ2n) is 4.65. The maximum absolute atomic E-state index is 12.3. The predicted octanol–water partition coefficient (Wildman–Crippen LogP) is 1.18. The SMILES string of the molecule is CC(=O)N1CCN(c2ccc([N+](=O)[O-])cc2)C(=O)C1C. The van der Waals surface area contributed by atoms with Gasteiger partial charge in [0, 0.05) is 37.8 Å². The molecule has 1 saturated heterocycles. The van der Waals surface area contributed by atoms with E-state index in [1.165, 1.54) is 24.0 Å². The van der Waals surface area contributed by atoms with Crippen LogP contribution in [0.25, 0.3) is 0 Å². The van der Waals surface area contributed by atoms with Gasteiger partial charge in [-0.3, -0.25) is 19.7 Å². The van der Waals surface area contributed by atoms with Crippen molar-refractivity contribution in [3.63, 3.8) is 0 Å². The highest BCUT2D eigenvalue weighted by molar-refractivity contribution is 6.00. The summed E-state index contributed by atoms with van der Waals surface area (Å²) in [6.07, 6.45) is 0. The fourth-order valence-electron chi connectivity index (χ4n) is 2.31. The van der Waals surface area contributed by atoms with Gasteiger partial charge < -0.3 is 9.80 Å². The molecule has 1 fully saturated rings. The van der Waals surface area contributed by atoms with Gasteiger partial charge >= 0.3 is 0 Å². The van der Waals surface area contributed by atoms with Crippen LogP contribution in [0.5, 0.6) is 0 Å². The number of benzene rings is 1. The average Bonchev–Trinajstić information content (AvgIpc) is 2.41. The summed E-state index contributed by atoms with van der Waals surface area (Å²) in [4.78, 5) is 36.8. The molecule has 0 bridgehead atoms. The lowest BCUT2D eigenvalue weighted by Crippen LogP contribution is -2.57. The number of carbonyl (C=O) groups excluding carboxylic acids is 2. The molecule has 2 amide bonds. The van der Waals surface area contributed by atoms with Crippen LogP contribution in [0.4, 0.5) is 11.4 Å². The number of carbonyl (C=O) groups is 2. The Kier molecular flexibility index (Phi) is 3.69. The predicted molar refractivity (Wildman–Crippen MR) is 72.3 cm³/mol. The van der Waals surface area contributed by atoms with Gasteiger partial charge in [0.25, 0.3) is 5.69 Å². The molecule has 1 aromatic carbocycles. The fraction of sp³-hybridized carbons (Fsp3) is 0.385. The first kappa shape index (κ1) is 14.0. The molecule has 1 aliphatic heterocycles. The molecule has 20 heavy (non-hydrogen) atoms. The Balaban J connectivity index is 2.20. The zero-order valence-corrected chi connectivity index (χ0v) is 11.3. The number of hydrogen-bond acceptors (Lipinski definition) is 4. The Bertz CT molecular complexity index is 555. The van der Waals surface area contributed by atoms with Crippen LogP contribution < -0.4 is 4.90 Å². The van der Waals surface area contributed by atoms with Crippen LogP contribution in [-0.2, 0) is 9.59 Å². The van der Waals surface area contributed by atoms with Crippen molar-refractivity contribution in [2.45, 2.75) is 19.9 Å². The molecule has 0 spiro atoms. The number of anilines is 1. The van der Waals surface area contributed by atoms with Gasteiger partial charge in [-0.25, -0.2) is 0 Å². The average molecular weight is 277 g/mol. The number of nitrogens with zero attached hydrogens (tertiary/aromatic N) is 3. The topological polar surface area (TPSA) is 83.8 Å². The van der Waals surface area contributed by atoms with E-state index in [4.69, 9.17) is 0 Å². The molecular weight excluding hydrogens is 262 g/mol. The fourth-order valence-corrected chi connectivity index (χ4v) is 2.31. The quantitative estimate of drug-likeness (QED) is 0.600. The first-order valence-electron chi connectivity index (χ1n) is 6.25. The van der Waals surface area contributed by atoms with E-state index in [9.17, 15) is 19.7 Å². The molecule has 0 N–H and O–H groups in total. The summed E-state index contributed by atoms with van der Waals surface area (Å²) in [5.74, 6) is -0.311. The highest BCUT2D eigenvalue weighted by Crippen LogP contribution is 2.23. The lowest BCUT2D eigenvalue weighted by Gasteiger charge is -2.38. The highest BCUT2D eigenvalue weighted by atomic mass is 16.6. The maximum atomic E-state index is 12.3. The van der Waals surface area contributed by atoms with Crippen LogP contribution in [0.3, 0.4) is 0 Å². The van der Waals surface area contributed by atoms with Gasteiger partial charge in [0.1, 0.15) is 6.04 Å². The van der Waals surface area contributed by atoms with Gasteiger partial charge in [0.2, 0.25) is 11.8 Å². The maximum Gasteiger partial charge on any atom is 0.269 e. The highest BCUT2D eigenvalue weighted by Gasteiger charge is 2.33. The summed E-state index contributed by atoms with van der Waals surface area (Å²) < 4.78 is 0. The van der Waals surface area contributed by atoms with E-state index in [0.717, 1.165) is 0 Å². The first-order valence-corrected chi connectivity index (χ1v) is 6.25. The second-order valence-corrected chi connectivity index (χ2v) is 4.65. The van der Waals surface area contributed by atoms with Gasteiger partial charge in [-0.2, -0.15) is 0 Å². The largest absolute Gasteiger partial charge is 0.329 e. The summed E-state index contributed by atoms with van der Waals surface area (Å²) in [7, 11) is 0. The third kappa shape index (κ3) is 2.47. The van der Waals surface area contributed by atoms with Crippen molar-refractivity contribution in [1.82, 2.24) is 4.90 Å². The molecule has 0 radical (unpaired) electrons. The number of nitro benzene ring substituents is 1. The van der Waals surface area contributed by atoms with Crippen LogP contribution >= 0.6 is 0 Å². The molecule has 0 aromatic heterocycles. The third-order valence-corrected chi connectivity index (χ3v) is 3.43. The van der Waals surface area contributed by atoms with Gasteiger partial charge in [-0.1, -0.05) is 0 Å². The van der Waals surface area contributed by atoms with Crippen molar-refractivity contribution in [3.05, 3.63) is 34.4 Å². The zero-order chi connectivity index (χ0) is 14.9. The smallest absolute Gasteiger partial charge is 0.269 e. The minimum atomic E-state index is -0.517. The van der Waals surface area contributed by atoms with Crippen LogP contribution in [0, 0.1) is 10.1 Å². The van der Waals surface area contributed by atoms with Crippen LogP contribution in [0.15, 0.2) is 24.3 Å². The van der Waals surface area contributed by atoms with E-state index in [2.05, 4.69) is 0 Å². The summed E-state index contributed by atoms with van der Waals surface area (Å²) in [5, 5.41) is 10.6. The second kappa shape index (κ2) is 5.28. The van der Waals surface area contributed by atoms with Crippen molar-refractivity contribution in [3.8, 4) is 0 Å². The van der Waals surface area contributed by atoms with E-state index < -0.39 is 11.0 Å². The zero-order valence-electron chi connectivity index (χ0n) is 11.3.